The summed E-state index contributed by atoms with van der Waals surface area (Å²) in [6.45, 7) is 4.60. The minimum Gasteiger partial charge on any atom is -0.313 e. The van der Waals surface area contributed by atoms with Crippen LogP contribution in [0.1, 0.15) is 0 Å². The average molecular weight is 371 g/mol. The Kier molecular flexibility index (Phi) is 4.71. The molecule has 110 valence electrons. The summed E-state index contributed by atoms with van der Waals surface area (Å²) >= 11 is 5.12. The van der Waals surface area contributed by atoms with Crippen LogP contribution in [0.3, 0.4) is 0 Å². The first kappa shape index (κ1) is 15.0. The SMILES string of the molecule is C=CCn1c(-c2ccc(Br)cc2)csc1=Nc1ccccc1. The van der Waals surface area contributed by atoms with Gasteiger partial charge < -0.3 is 4.57 Å². The molecule has 4 heteroatoms. The van der Waals surface area contributed by atoms with E-state index in [0.29, 0.717) is 0 Å². The maximum Gasteiger partial charge on any atom is 0.190 e. The number of hydrogen-bond acceptors (Lipinski definition) is 2. The van der Waals surface area contributed by atoms with Crippen molar-refractivity contribution in [1.29, 1.82) is 0 Å². The number of rotatable bonds is 4. The number of benzene rings is 2. The molecular formula is C18H15BrN2S. The number of hydrogen-bond donors (Lipinski definition) is 0. The molecular weight excluding hydrogens is 356 g/mol. The van der Waals surface area contributed by atoms with Gasteiger partial charge >= 0.3 is 0 Å². The quantitative estimate of drug-likeness (QED) is 0.547. The van der Waals surface area contributed by atoms with Gasteiger partial charge in [-0.15, -0.1) is 17.9 Å². The van der Waals surface area contributed by atoms with Gasteiger partial charge in [-0.3, -0.25) is 0 Å². The first-order chi connectivity index (χ1) is 10.8. The normalized spacial score (nSPS) is 11.6. The van der Waals surface area contributed by atoms with Gasteiger partial charge in [-0.1, -0.05) is 52.3 Å². The molecule has 0 aliphatic rings. The number of halogens is 1. The van der Waals surface area contributed by atoms with E-state index in [9.17, 15) is 0 Å². The fraction of sp³-hybridized carbons (Fsp3) is 0.0556. The Balaban J connectivity index is 2.11. The maximum absolute atomic E-state index is 4.75. The molecule has 0 unspecified atom stereocenters. The first-order valence-corrected chi connectivity index (χ1v) is 8.60. The minimum atomic E-state index is 0.737. The third-order valence-electron chi connectivity index (χ3n) is 3.23. The zero-order valence-electron chi connectivity index (χ0n) is 11.9. The lowest BCUT2D eigenvalue weighted by molar-refractivity contribution is 0.800. The molecule has 0 saturated carbocycles. The number of nitrogens with zero attached hydrogens (tertiary/aromatic N) is 2. The van der Waals surface area contributed by atoms with Crippen molar-refractivity contribution in [1.82, 2.24) is 4.57 Å². The van der Waals surface area contributed by atoms with E-state index in [1.807, 2.05) is 36.4 Å². The molecule has 0 bridgehead atoms. The summed E-state index contributed by atoms with van der Waals surface area (Å²) in [4.78, 5) is 5.72. The van der Waals surface area contributed by atoms with E-state index in [1.54, 1.807) is 11.3 Å². The van der Waals surface area contributed by atoms with E-state index in [0.717, 1.165) is 27.2 Å². The van der Waals surface area contributed by atoms with Crippen LogP contribution in [0.5, 0.6) is 0 Å². The second-order valence-corrected chi connectivity index (χ2v) is 6.51. The zero-order valence-corrected chi connectivity index (χ0v) is 14.3. The number of thiazole rings is 1. The molecule has 0 saturated heterocycles. The highest BCUT2D eigenvalue weighted by atomic mass is 79.9. The van der Waals surface area contributed by atoms with Gasteiger partial charge in [0.2, 0.25) is 0 Å². The van der Waals surface area contributed by atoms with Crippen LogP contribution >= 0.6 is 27.3 Å². The Hall–Kier alpha value is -1.91. The summed E-state index contributed by atoms with van der Waals surface area (Å²) in [5.74, 6) is 0. The predicted molar refractivity (Wildman–Crippen MR) is 97.3 cm³/mol. The van der Waals surface area contributed by atoms with Crippen LogP contribution in [0.25, 0.3) is 11.3 Å². The molecule has 0 atom stereocenters. The molecule has 22 heavy (non-hydrogen) atoms. The van der Waals surface area contributed by atoms with Gasteiger partial charge in [-0.25, -0.2) is 4.99 Å². The molecule has 0 amide bonds. The van der Waals surface area contributed by atoms with Crippen molar-refractivity contribution >= 4 is 33.0 Å². The Morgan fingerprint density at radius 2 is 1.82 bits per heavy atom. The van der Waals surface area contributed by atoms with Crippen LogP contribution in [-0.2, 0) is 6.54 Å². The monoisotopic (exact) mass is 370 g/mol. The van der Waals surface area contributed by atoms with Crippen molar-refractivity contribution < 1.29 is 0 Å². The van der Waals surface area contributed by atoms with E-state index >= 15 is 0 Å². The van der Waals surface area contributed by atoms with E-state index in [-0.39, 0.29) is 0 Å². The van der Waals surface area contributed by atoms with Crippen LogP contribution in [0.4, 0.5) is 5.69 Å². The second kappa shape index (κ2) is 6.90. The third-order valence-corrected chi connectivity index (χ3v) is 4.62. The average Bonchev–Trinajstić information content (AvgIpc) is 2.92. The molecule has 0 aliphatic heterocycles. The largest absolute Gasteiger partial charge is 0.313 e. The molecule has 0 N–H and O–H groups in total. The van der Waals surface area contributed by atoms with Crippen molar-refractivity contribution in [3.63, 3.8) is 0 Å². The number of para-hydroxylation sites is 1. The predicted octanol–water partition coefficient (Wildman–Crippen LogP) is 5.40. The Morgan fingerprint density at radius 1 is 1.09 bits per heavy atom. The summed E-state index contributed by atoms with van der Waals surface area (Å²) in [7, 11) is 0. The lowest BCUT2D eigenvalue weighted by atomic mass is 10.2. The van der Waals surface area contributed by atoms with Crippen molar-refractivity contribution in [3.8, 4) is 11.3 Å². The smallest absolute Gasteiger partial charge is 0.190 e. The van der Waals surface area contributed by atoms with Gasteiger partial charge in [0.25, 0.3) is 0 Å². The van der Waals surface area contributed by atoms with Gasteiger partial charge in [0, 0.05) is 16.4 Å². The summed E-state index contributed by atoms with van der Waals surface area (Å²) in [5, 5.41) is 2.15. The van der Waals surface area contributed by atoms with Crippen LogP contribution in [0.15, 0.2) is 82.1 Å². The lowest BCUT2D eigenvalue weighted by Crippen LogP contribution is -2.14. The van der Waals surface area contributed by atoms with E-state index in [4.69, 9.17) is 4.99 Å². The highest BCUT2D eigenvalue weighted by molar-refractivity contribution is 9.10. The van der Waals surface area contributed by atoms with E-state index in [2.05, 4.69) is 56.7 Å². The third kappa shape index (κ3) is 3.29. The molecule has 3 aromatic rings. The fourth-order valence-corrected chi connectivity index (χ4v) is 3.39. The van der Waals surface area contributed by atoms with E-state index < -0.39 is 0 Å². The van der Waals surface area contributed by atoms with E-state index in [1.165, 1.54) is 5.56 Å². The van der Waals surface area contributed by atoms with Crippen LogP contribution in [0.2, 0.25) is 0 Å². The van der Waals surface area contributed by atoms with Crippen LogP contribution < -0.4 is 4.80 Å². The molecule has 2 aromatic carbocycles. The highest BCUT2D eigenvalue weighted by Gasteiger charge is 2.07. The molecule has 1 aromatic heterocycles. The Bertz CT molecular complexity index is 830. The van der Waals surface area contributed by atoms with Crippen molar-refractivity contribution in [2.75, 3.05) is 0 Å². The molecule has 0 radical (unpaired) electrons. The van der Waals surface area contributed by atoms with Crippen LogP contribution in [-0.4, -0.2) is 4.57 Å². The molecule has 2 nitrogen and oxygen atoms in total. The van der Waals surface area contributed by atoms with Crippen molar-refractivity contribution in [2.24, 2.45) is 4.99 Å². The molecule has 0 aliphatic carbocycles. The standard InChI is InChI=1S/C18H15BrN2S/c1-2-12-21-17(14-8-10-15(19)11-9-14)13-22-18(21)20-16-6-4-3-5-7-16/h2-11,13H,1,12H2. The number of allylic oxidation sites excluding steroid dienone is 1. The second-order valence-electron chi connectivity index (χ2n) is 4.76. The summed E-state index contributed by atoms with van der Waals surface area (Å²) < 4.78 is 3.27. The molecule has 3 rings (SSSR count). The maximum atomic E-state index is 4.75. The van der Waals surface area contributed by atoms with Crippen molar-refractivity contribution in [3.05, 3.63) is 81.9 Å². The van der Waals surface area contributed by atoms with Gasteiger partial charge in [0.1, 0.15) is 0 Å². The van der Waals surface area contributed by atoms with Crippen molar-refractivity contribution in [2.45, 2.75) is 6.54 Å². The topological polar surface area (TPSA) is 17.3 Å². The molecule has 1 heterocycles. The van der Waals surface area contributed by atoms with Crippen LogP contribution in [0, 0.1) is 0 Å². The summed E-state index contributed by atoms with van der Waals surface area (Å²) in [5.41, 5.74) is 3.30. The Morgan fingerprint density at radius 3 is 2.50 bits per heavy atom. The highest BCUT2D eigenvalue weighted by Crippen LogP contribution is 2.23. The van der Waals surface area contributed by atoms with Gasteiger partial charge in [-0.2, -0.15) is 0 Å². The van der Waals surface area contributed by atoms with Gasteiger partial charge in [0.05, 0.1) is 11.4 Å². The summed E-state index contributed by atoms with van der Waals surface area (Å²) in [6, 6.07) is 18.3. The first-order valence-electron chi connectivity index (χ1n) is 6.93. The molecule has 0 fully saturated rings. The zero-order chi connectivity index (χ0) is 15.4. The Labute approximate surface area is 142 Å². The summed E-state index contributed by atoms with van der Waals surface area (Å²) in [6.07, 6.45) is 1.90. The minimum absolute atomic E-state index is 0.737. The molecule has 0 spiro atoms. The number of aromatic nitrogens is 1. The van der Waals surface area contributed by atoms with Gasteiger partial charge in [-0.05, 0) is 29.8 Å². The van der Waals surface area contributed by atoms with Gasteiger partial charge in [0.15, 0.2) is 4.80 Å². The fourth-order valence-electron chi connectivity index (χ4n) is 2.19. The lowest BCUT2D eigenvalue weighted by Gasteiger charge is -2.06.